The fourth-order valence-corrected chi connectivity index (χ4v) is 4.36. The minimum atomic E-state index is -3.63. The van der Waals surface area contributed by atoms with Crippen molar-refractivity contribution < 1.29 is 18.3 Å². The number of halogens is 1. The maximum absolute atomic E-state index is 12.9. The van der Waals surface area contributed by atoms with Crippen LogP contribution < -0.4 is 0 Å². The molecule has 2 rings (SSSR count). The lowest BCUT2D eigenvalue weighted by molar-refractivity contribution is -0.137. The Morgan fingerprint density at radius 2 is 1.89 bits per heavy atom. The second-order valence-electron chi connectivity index (χ2n) is 6.72. The number of rotatable bonds is 11. The number of nitrogens with zero attached hydrogens (tertiary/aromatic N) is 2. The van der Waals surface area contributed by atoms with E-state index < -0.39 is 16.0 Å². The number of carboxylic acid groups (broad SMARTS) is 1. The zero-order valence-electron chi connectivity index (χ0n) is 15.8. The molecule has 0 aliphatic carbocycles. The number of aliphatic carboxylic acids is 1. The molecule has 0 fully saturated rings. The summed E-state index contributed by atoms with van der Waals surface area (Å²) in [4.78, 5) is 15.0. The lowest BCUT2D eigenvalue weighted by Crippen LogP contribution is -2.31. The molecule has 2 aromatic rings. The fraction of sp³-hybridized carbons (Fsp3) is 0.400. The maximum Gasteiger partial charge on any atom is 0.303 e. The van der Waals surface area contributed by atoms with Gasteiger partial charge in [0.2, 0.25) is 10.0 Å². The van der Waals surface area contributed by atoms with Gasteiger partial charge in [0.15, 0.2) is 0 Å². The van der Waals surface area contributed by atoms with Crippen LogP contribution in [0.1, 0.15) is 43.6 Å². The number of aromatic nitrogens is 1. The number of hydrogen-bond acceptors (Lipinski definition) is 4. The fourth-order valence-electron chi connectivity index (χ4n) is 3.02. The third-order valence-corrected chi connectivity index (χ3v) is 6.69. The summed E-state index contributed by atoms with van der Waals surface area (Å²) in [5.41, 5.74) is 0.971. The molecule has 0 amide bonds. The molecule has 1 aromatic heterocycles. The van der Waals surface area contributed by atoms with Crippen molar-refractivity contribution in [3.05, 3.63) is 59.4 Å². The molecule has 28 heavy (non-hydrogen) atoms. The summed E-state index contributed by atoms with van der Waals surface area (Å²) in [5.74, 6) is -0.816. The molecule has 0 aliphatic heterocycles. The predicted octanol–water partition coefficient (Wildman–Crippen LogP) is 4.17. The van der Waals surface area contributed by atoms with Crippen LogP contribution in [-0.2, 0) is 14.8 Å². The van der Waals surface area contributed by atoms with E-state index in [1.807, 2.05) is 12.1 Å². The molecule has 8 heteroatoms. The molecule has 0 radical (unpaired) electrons. The quantitative estimate of drug-likeness (QED) is 0.547. The van der Waals surface area contributed by atoms with E-state index in [9.17, 15) is 13.2 Å². The number of hydrogen-bond donors (Lipinski definition) is 1. The lowest BCUT2D eigenvalue weighted by Gasteiger charge is -2.24. The summed E-state index contributed by atoms with van der Waals surface area (Å²) >= 11 is 5.86. The Hall–Kier alpha value is -1.96. The zero-order valence-corrected chi connectivity index (χ0v) is 17.4. The number of likely N-dealkylation sites (N-methyl/N-ethyl adjacent to an activating group) is 1. The van der Waals surface area contributed by atoms with E-state index in [-0.39, 0.29) is 17.2 Å². The minimum Gasteiger partial charge on any atom is -0.481 e. The molecule has 0 aliphatic rings. The van der Waals surface area contributed by atoms with Crippen molar-refractivity contribution in [1.29, 1.82) is 0 Å². The first kappa shape index (κ1) is 22.3. The van der Waals surface area contributed by atoms with E-state index in [1.54, 1.807) is 31.6 Å². The largest absolute Gasteiger partial charge is 0.481 e. The number of unbranched alkanes of at least 4 members (excludes halogenated alkanes) is 2. The van der Waals surface area contributed by atoms with Gasteiger partial charge >= 0.3 is 5.97 Å². The highest BCUT2D eigenvalue weighted by molar-refractivity contribution is 7.89. The monoisotopic (exact) mass is 424 g/mol. The van der Waals surface area contributed by atoms with Crippen molar-refractivity contribution in [2.75, 3.05) is 13.6 Å². The van der Waals surface area contributed by atoms with Gasteiger partial charge in [0.05, 0.1) is 4.90 Å². The van der Waals surface area contributed by atoms with Crippen LogP contribution >= 0.6 is 11.6 Å². The highest BCUT2D eigenvalue weighted by Gasteiger charge is 2.24. The van der Waals surface area contributed by atoms with Crippen molar-refractivity contribution in [3.8, 4) is 0 Å². The van der Waals surface area contributed by atoms with Gasteiger partial charge in [0.25, 0.3) is 0 Å². The molecule has 1 N–H and O–H groups in total. The standard InChI is InChI=1S/C20H25ClN2O4S/c1-23(28(26,27)19-11-9-18(21)10-12-19)15-17(16-7-5-13-22-14-16)6-3-2-4-8-20(24)25/h5,7,9-14,17H,2-4,6,8,15H2,1H3,(H,24,25). The number of carboxylic acids is 1. The predicted molar refractivity (Wildman–Crippen MR) is 109 cm³/mol. The van der Waals surface area contributed by atoms with Crippen LogP contribution in [0.4, 0.5) is 0 Å². The van der Waals surface area contributed by atoms with E-state index in [2.05, 4.69) is 4.98 Å². The first-order valence-corrected chi connectivity index (χ1v) is 11.0. The van der Waals surface area contributed by atoms with Gasteiger partial charge in [-0.15, -0.1) is 0 Å². The second kappa shape index (κ2) is 10.5. The highest BCUT2D eigenvalue weighted by atomic mass is 35.5. The van der Waals surface area contributed by atoms with Crippen molar-refractivity contribution >= 4 is 27.6 Å². The highest BCUT2D eigenvalue weighted by Crippen LogP contribution is 2.26. The second-order valence-corrected chi connectivity index (χ2v) is 9.20. The van der Waals surface area contributed by atoms with Crippen LogP contribution in [0.15, 0.2) is 53.7 Å². The average molecular weight is 425 g/mol. The molecule has 1 unspecified atom stereocenters. The molecule has 1 aromatic carbocycles. The zero-order chi connectivity index (χ0) is 20.6. The third kappa shape index (κ3) is 6.58. The molecule has 1 atom stereocenters. The Bertz CT molecular complexity index is 858. The molecule has 0 saturated carbocycles. The van der Waals surface area contributed by atoms with Crippen LogP contribution in [0.3, 0.4) is 0 Å². The Balaban J connectivity index is 2.08. The molecule has 0 spiro atoms. The lowest BCUT2D eigenvalue weighted by atomic mass is 9.94. The Labute approximate surface area is 171 Å². The molecule has 152 valence electrons. The molecular formula is C20H25ClN2O4S. The van der Waals surface area contributed by atoms with Gasteiger partial charge in [-0.3, -0.25) is 9.78 Å². The van der Waals surface area contributed by atoms with Crippen molar-refractivity contribution in [3.63, 3.8) is 0 Å². The summed E-state index contributed by atoms with van der Waals surface area (Å²) in [7, 11) is -2.06. The molecular weight excluding hydrogens is 400 g/mol. The average Bonchev–Trinajstić information content (AvgIpc) is 2.67. The summed E-state index contributed by atoms with van der Waals surface area (Å²) < 4.78 is 27.1. The van der Waals surface area contributed by atoms with Gasteiger partial charge in [-0.1, -0.05) is 30.5 Å². The summed E-state index contributed by atoms with van der Waals surface area (Å²) in [6.45, 7) is 0.315. The van der Waals surface area contributed by atoms with Gasteiger partial charge in [-0.05, 0) is 54.7 Å². The molecule has 0 saturated heterocycles. The summed E-state index contributed by atoms with van der Waals surface area (Å²) in [6, 6.07) is 9.89. The van der Waals surface area contributed by atoms with Crippen LogP contribution in [0.25, 0.3) is 0 Å². The Kier molecular flexibility index (Phi) is 8.41. The van der Waals surface area contributed by atoms with E-state index in [1.165, 1.54) is 16.4 Å². The van der Waals surface area contributed by atoms with Gasteiger partial charge < -0.3 is 5.11 Å². The smallest absolute Gasteiger partial charge is 0.303 e. The van der Waals surface area contributed by atoms with Crippen LogP contribution in [0.2, 0.25) is 5.02 Å². The molecule has 1 heterocycles. The number of carbonyl (C=O) groups is 1. The number of sulfonamides is 1. The van der Waals surface area contributed by atoms with Crippen LogP contribution in [0.5, 0.6) is 0 Å². The van der Waals surface area contributed by atoms with Crippen LogP contribution in [-0.4, -0.2) is 42.4 Å². The molecule has 0 bridgehead atoms. The first-order chi connectivity index (χ1) is 13.3. The SMILES string of the molecule is CN(CC(CCCCCC(=O)O)c1cccnc1)S(=O)(=O)c1ccc(Cl)cc1. The van der Waals surface area contributed by atoms with Crippen molar-refractivity contribution in [2.24, 2.45) is 0 Å². The van der Waals surface area contributed by atoms with Gasteiger partial charge in [0.1, 0.15) is 0 Å². The third-order valence-electron chi connectivity index (χ3n) is 4.60. The van der Waals surface area contributed by atoms with E-state index in [0.717, 1.165) is 24.8 Å². The minimum absolute atomic E-state index is 0.0226. The Morgan fingerprint density at radius 3 is 2.50 bits per heavy atom. The van der Waals surface area contributed by atoms with E-state index >= 15 is 0 Å². The van der Waals surface area contributed by atoms with Gasteiger partial charge in [-0.25, -0.2) is 12.7 Å². The van der Waals surface area contributed by atoms with Crippen molar-refractivity contribution in [1.82, 2.24) is 9.29 Å². The summed E-state index contributed by atoms with van der Waals surface area (Å²) in [6.07, 6.45) is 6.58. The topological polar surface area (TPSA) is 87.6 Å². The summed E-state index contributed by atoms with van der Waals surface area (Å²) in [5, 5.41) is 9.23. The maximum atomic E-state index is 12.9. The first-order valence-electron chi connectivity index (χ1n) is 9.14. The molecule has 6 nitrogen and oxygen atoms in total. The van der Waals surface area contributed by atoms with Gasteiger partial charge in [0, 0.05) is 37.4 Å². The van der Waals surface area contributed by atoms with E-state index in [0.29, 0.717) is 18.0 Å². The van der Waals surface area contributed by atoms with E-state index in [4.69, 9.17) is 16.7 Å². The normalized spacial score (nSPS) is 12.8. The van der Waals surface area contributed by atoms with Crippen molar-refractivity contribution in [2.45, 2.75) is 42.9 Å². The van der Waals surface area contributed by atoms with Gasteiger partial charge in [-0.2, -0.15) is 0 Å². The Morgan fingerprint density at radius 1 is 1.18 bits per heavy atom. The number of pyridine rings is 1. The number of benzene rings is 1. The van der Waals surface area contributed by atoms with Crippen LogP contribution in [0, 0.1) is 0 Å².